The summed E-state index contributed by atoms with van der Waals surface area (Å²) in [7, 11) is 1.67. The number of hydrogen-bond donors (Lipinski definition) is 1. The zero-order valence-corrected chi connectivity index (χ0v) is 14.2. The number of ether oxygens (including phenoxy) is 2. The van der Waals surface area contributed by atoms with E-state index in [0.29, 0.717) is 24.6 Å². The second-order valence-electron chi connectivity index (χ2n) is 6.09. The molecule has 0 radical (unpaired) electrons. The van der Waals surface area contributed by atoms with Crippen molar-refractivity contribution in [1.82, 2.24) is 5.32 Å². The molecule has 126 valence electrons. The van der Waals surface area contributed by atoms with Crippen LogP contribution in [0.5, 0.6) is 11.5 Å². The summed E-state index contributed by atoms with van der Waals surface area (Å²) >= 11 is 0. The second kappa shape index (κ2) is 7.39. The highest BCUT2D eigenvalue weighted by atomic mass is 16.5. The van der Waals surface area contributed by atoms with Crippen molar-refractivity contribution in [1.29, 1.82) is 0 Å². The fraction of sp³-hybridized carbons (Fsp3) is 0.350. The molecule has 0 bridgehead atoms. The summed E-state index contributed by atoms with van der Waals surface area (Å²) in [6.07, 6.45) is 1.91. The van der Waals surface area contributed by atoms with Gasteiger partial charge in [-0.3, -0.25) is 4.79 Å². The van der Waals surface area contributed by atoms with Crippen molar-refractivity contribution in [2.24, 2.45) is 5.92 Å². The molecule has 0 aliphatic carbocycles. The van der Waals surface area contributed by atoms with E-state index in [4.69, 9.17) is 9.47 Å². The molecule has 1 N–H and O–H groups in total. The highest BCUT2D eigenvalue weighted by Crippen LogP contribution is 2.36. The minimum Gasteiger partial charge on any atom is -0.493 e. The smallest absolute Gasteiger partial charge is 0.251 e. The van der Waals surface area contributed by atoms with E-state index < -0.39 is 0 Å². The Bertz CT molecular complexity index is 709. The van der Waals surface area contributed by atoms with Gasteiger partial charge in [-0.2, -0.15) is 0 Å². The Morgan fingerprint density at radius 1 is 1.25 bits per heavy atom. The van der Waals surface area contributed by atoms with Gasteiger partial charge in [0.1, 0.15) is 0 Å². The monoisotopic (exact) mass is 325 g/mol. The molecule has 3 rings (SSSR count). The van der Waals surface area contributed by atoms with Crippen molar-refractivity contribution in [3.8, 4) is 11.5 Å². The summed E-state index contributed by atoms with van der Waals surface area (Å²) in [4.78, 5) is 11.8. The Morgan fingerprint density at radius 2 is 2.04 bits per heavy atom. The lowest BCUT2D eigenvalue weighted by molar-refractivity contribution is 0.0956. The van der Waals surface area contributed by atoms with E-state index in [9.17, 15) is 4.79 Å². The predicted octanol–water partition coefficient (Wildman–Crippen LogP) is 3.24. The van der Waals surface area contributed by atoms with Crippen LogP contribution in [0.15, 0.2) is 42.5 Å². The number of nitrogens with one attached hydrogen (secondary N) is 1. The molecule has 0 saturated heterocycles. The van der Waals surface area contributed by atoms with Crippen LogP contribution in [0.4, 0.5) is 0 Å². The maximum Gasteiger partial charge on any atom is 0.251 e. The number of benzene rings is 2. The van der Waals surface area contributed by atoms with E-state index >= 15 is 0 Å². The molecule has 1 amide bonds. The van der Waals surface area contributed by atoms with E-state index in [0.717, 1.165) is 24.3 Å². The van der Waals surface area contributed by atoms with Crippen LogP contribution in [0.1, 0.15) is 28.4 Å². The number of hydrogen-bond acceptors (Lipinski definition) is 3. The van der Waals surface area contributed by atoms with Gasteiger partial charge >= 0.3 is 0 Å². The largest absolute Gasteiger partial charge is 0.493 e. The molecule has 4 nitrogen and oxygen atoms in total. The maximum absolute atomic E-state index is 11.8. The highest BCUT2D eigenvalue weighted by molar-refractivity contribution is 5.94. The third-order valence-electron chi connectivity index (χ3n) is 4.33. The van der Waals surface area contributed by atoms with Crippen LogP contribution in [0.3, 0.4) is 0 Å². The van der Waals surface area contributed by atoms with Gasteiger partial charge in [-0.05, 0) is 49.1 Å². The van der Waals surface area contributed by atoms with E-state index in [1.165, 1.54) is 11.1 Å². The molecule has 0 spiro atoms. The Balaban J connectivity index is 1.66. The lowest BCUT2D eigenvalue weighted by Gasteiger charge is -2.26. The van der Waals surface area contributed by atoms with Crippen LogP contribution in [0, 0.1) is 5.92 Å². The number of carbonyl (C=O) groups excluding carboxylic acids is 1. The van der Waals surface area contributed by atoms with Gasteiger partial charge in [0.05, 0.1) is 13.7 Å². The third-order valence-corrected chi connectivity index (χ3v) is 4.33. The fourth-order valence-corrected chi connectivity index (χ4v) is 3.14. The highest BCUT2D eigenvalue weighted by Gasteiger charge is 2.22. The summed E-state index contributed by atoms with van der Waals surface area (Å²) in [6, 6.07) is 13.9. The van der Waals surface area contributed by atoms with Crippen LogP contribution < -0.4 is 14.8 Å². The molecule has 4 heteroatoms. The first-order valence-corrected chi connectivity index (χ1v) is 8.37. The van der Waals surface area contributed by atoms with Crippen LogP contribution in [0.2, 0.25) is 0 Å². The standard InChI is InChI=1S/C20H23NO3/c1-3-21-20(22)16-9-7-14(8-10-16)11-15-12-17-5-4-6-18(23-2)19(17)24-13-15/h4-10,15H,3,11-13H2,1-2H3,(H,21,22). The maximum atomic E-state index is 11.8. The van der Waals surface area contributed by atoms with Crippen molar-refractivity contribution in [3.63, 3.8) is 0 Å². The Labute approximate surface area is 142 Å². The summed E-state index contributed by atoms with van der Waals surface area (Å²) in [5.74, 6) is 2.09. The van der Waals surface area contributed by atoms with Gasteiger partial charge in [0, 0.05) is 18.0 Å². The van der Waals surface area contributed by atoms with Crippen molar-refractivity contribution < 1.29 is 14.3 Å². The van der Waals surface area contributed by atoms with Crippen LogP contribution in [-0.4, -0.2) is 26.2 Å². The second-order valence-corrected chi connectivity index (χ2v) is 6.09. The topological polar surface area (TPSA) is 47.6 Å². The average Bonchev–Trinajstić information content (AvgIpc) is 2.62. The number of rotatable bonds is 5. The number of carbonyl (C=O) groups is 1. The molecule has 2 aromatic rings. The SMILES string of the molecule is CCNC(=O)c1ccc(CC2COc3c(cccc3OC)C2)cc1. The van der Waals surface area contributed by atoms with E-state index in [2.05, 4.69) is 11.4 Å². The van der Waals surface area contributed by atoms with Crippen molar-refractivity contribution >= 4 is 5.91 Å². The molecule has 24 heavy (non-hydrogen) atoms. The number of para-hydroxylation sites is 1. The van der Waals surface area contributed by atoms with Gasteiger partial charge in [-0.15, -0.1) is 0 Å². The zero-order chi connectivity index (χ0) is 16.9. The molecular weight excluding hydrogens is 302 g/mol. The minimum absolute atomic E-state index is 0.0222. The zero-order valence-electron chi connectivity index (χ0n) is 14.2. The molecule has 0 saturated carbocycles. The summed E-state index contributed by atoms with van der Waals surface area (Å²) < 4.78 is 11.3. The molecule has 1 atom stereocenters. The number of amides is 1. The Morgan fingerprint density at radius 3 is 2.75 bits per heavy atom. The van der Waals surface area contributed by atoms with Gasteiger partial charge in [0.15, 0.2) is 11.5 Å². The lowest BCUT2D eigenvalue weighted by Crippen LogP contribution is -2.24. The Hall–Kier alpha value is -2.49. The van der Waals surface area contributed by atoms with Gasteiger partial charge in [-0.25, -0.2) is 0 Å². The van der Waals surface area contributed by atoms with E-state index in [1.54, 1.807) is 7.11 Å². The first-order valence-electron chi connectivity index (χ1n) is 8.37. The summed E-state index contributed by atoms with van der Waals surface area (Å²) in [6.45, 7) is 3.25. The first kappa shape index (κ1) is 16.4. The molecule has 0 aromatic heterocycles. The van der Waals surface area contributed by atoms with Gasteiger partial charge in [0.2, 0.25) is 0 Å². The quantitative estimate of drug-likeness (QED) is 0.918. The average molecular weight is 325 g/mol. The molecule has 1 aliphatic heterocycles. The van der Waals surface area contributed by atoms with Crippen molar-refractivity contribution in [3.05, 3.63) is 59.2 Å². The minimum atomic E-state index is -0.0222. The lowest BCUT2D eigenvalue weighted by atomic mass is 9.90. The molecule has 2 aromatic carbocycles. The van der Waals surface area contributed by atoms with Gasteiger partial charge < -0.3 is 14.8 Å². The van der Waals surface area contributed by atoms with Crippen LogP contribution in [0.25, 0.3) is 0 Å². The predicted molar refractivity (Wildman–Crippen MR) is 93.8 cm³/mol. The van der Waals surface area contributed by atoms with E-state index in [1.807, 2.05) is 43.3 Å². The molecule has 0 fully saturated rings. The Kier molecular flexibility index (Phi) is 5.04. The first-order chi connectivity index (χ1) is 11.7. The van der Waals surface area contributed by atoms with Gasteiger partial charge in [0.25, 0.3) is 5.91 Å². The summed E-state index contributed by atoms with van der Waals surface area (Å²) in [5.41, 5.74) is 3.13. The van der Waals surface area contributed by atoms with Gasteiger partial charge in [-0.1, -0.05) is 24.3 Å². The molecule has 1 unspecified atom stereocenters. The molecular formula is C20H23NO3. The van der Waals surface area contributed by atoms with Crippen molar-refractivity contribution in [2.75, 3.05) is 20.3 Å². The summed E-state index contributed by atoms with van der Waals surface area (Å²) in [5, 5.41) is 2.81. The third kappa shape index (κ3) is 3.53. The normalized spacial score (nSPS) is 16.0. The fourth-order valence-electron chi connectivity index (χ4n) is 3.14. The number of methoxy groups -OCH3 is 1. The molecule has 1 aliphatic rings. The van der Waals surface area contributed by atoms with Crippen LogP contribution >= 0.6 is 0 Å². The molecule has 1 heterocycles. The number of fused-ring (bicyclic) bond motifs is 1. The van der Waals surface area contributed by atoms with E-state index in [-0.39, 0.29) is 5.91 Å². The van der Waals surface area contributed by atoms with Crippen LogP contribution in [-0.2, 0) is 12.8 Å². The van der Waals surface area contributed by atoms with Crippen molar-refractivity contribution in [2.45, 2.75) is 19.8 Å².